The van der Waals surface area contributed by atoms with E-state index in [1.54, 1.807) is 17.8 Å². The molecule has 3 heterocycles. The summed E-state index contributed by atoms with van der Waals surface area (Å²) in [7, 11) is 3.29. The lowest BCUT2D eigenvalue weighted by molar-refractivity contribution is 0.0943. The third-order valence-electron chi connectivity index (χ3n) is 3.78. The van der Waals surface area contributed by atoms with E-state index in [1.807, 2.05) is 18.4 Å². The second-order valence-corrected chi connectivity index (χ2v) is 7.44. The van der Waals surface area contributed by atoms with Crippen LogP contribution in [0, 0.1) is 5.41 Å². The summed E-state index contributed by atoms with van der Waals surface area (Å²) in [6.07, 6.45) is 5.33. The van der Waals surface area contributed by atoms with Gasteiger partial charge in [-0.3, -0.25) is 4.79 Å². The van der Waals surface area contributed by atoms with Crippen LogP contribution >= 0.6 is 22.7 Å². The number of amides is 1. The molecule has 0 aromatic carbocycles. The number of aromatic nitrogens is 3. The molecule has 144 valence electrons. The number of rotatable bonds is 6. The summed E-state index contributed by atoms with van der Waals surface area (Å²) in [6, 6.07) is 0. The minimum absolute atomic E-state index is 0.240. The van der Waals surface area contributed by atoms with Crippen molar-refractivity contribution in [2.45, 2.75) is 19.9 Å². The summed E-state index contributed by atoms with van der Waals surface area (Å²) >= 11 is 2.95. The minimum atomic E-state index is -0.240. The Morgan fingerprint density at radius 3 is 2.74 bits per heavy atom. The van der Waals surface area contributed by atoms with Crippen molar-refractivity contribution in [3.63, 3.8) is 0 Å². The van der Waals surface area contributed by atoms with Gasteiger partial charge in [0.05, 0.1) is 11.2 Å². The summed E-state index contributed by atoms with van der Waals surface area (Å²) in [6.45, 7) is 2.25. The SMILES string of the molecule is C/C=C(\N)Cc1nc2c(s1)c(C=N)c(C(=O)NCc1nccs1)n2C.CN. The average Bonchev–Trinajstić information content (AvgIpc) is 3.39. The number of allylic oxidation sites excluding steroid dienone is 2. The molecule has 0 atom stereocenters. The van der Waals surface area contributed by atoms with Gasteiger partial charge in [-0.25, -0.2) is 9.97 Å². The van der Waals surface area contributed by atoms with E-state index in [2.05, 4.69) is 21.0 Å². The summed E-state index contributed by atoms with van der Waals surface area (Å²) in [5.74, 6) is -0.240. The van der Waals surface area contributed by atoms with Crippen LogP contribution in [-0.4, -0.2) is 33.7 Å². The Kier molecular flexibility index (Phi) is 7.22. The molecule has 0 unspecified atom stereocenters. The molecule has 27 heavy (non-hydrogen) atoms. The highest BCUT2D eigenvalue weighted by molar-refractivity contribution is 7.19. The molecule has 3 aromatic rings. The second kappa shape index (κ2) is 9.40. The smallest absolute Gasteiger partial charge is 0.269 e. The zero-order chi connectivity index (χ0) is 20.0. The molecule has 0 aliphatic rings. The fraction of sp³-hybridized carbons (Fsp3) is 0.294. The van der Waals surface area contributed by atoms with Crippen LogP contribution in [-0.2, 0) is 20.0 Å². The summed E-state index contributed by atoms with van der Waals surface area (Å²) < 4.78 is 2.56. The molecule has 0 bridgehead atoms. The van der Waals surface area contributed by atoms with Gasteiger partial charge in [-0.05, 0) is 14.0 Å². The number of nitrogens with zero attached hydrogens (tertiary/aromatic N) is 3. The number of hydrogen-bond acceptors (Lipinski definition) is 8. The monoisotopic (exact) mass is 405 g/mol. The Morgan fingerprint density at radius 2 is 2.15 bits per heavy atom. The average molecular weight is 406 g/mol. The zero-order valence-electron chi connectivity index (χ0n) is 15.4. The summed E-state index contributed by atoms with van der Waals surface area (Å²) in [5.41, 5.74) is 12.8. The van der Waals surface area contributed by atoms with Gasteiger partial charge in [0.15, 0.2) is 5.65 Å². The Labute approximate surface area is 165 Å². The van der Waals surface area contributed by atoms with Crippen molar-refractivity contribution >= 4 is 45.1 Å². The largest absolute Gasteiger partial charge is 0.402 e. The Morgan fingerprint density at radius 1 is 1.41 bits per heavy atom. The molecule has 8 nitrogen and oxygen atoms in total. The van der Waals surface area contributed by atoms with Crippen molar-refractivity contribution in [1.82, 2.24) is 19.9 Å². The molecule has 0 saturated carbocycles. The van der Waals surface area contributed by atoms with Crippen LogP contribution < -0.4 is 16.8 Å². The Hall–Kier alpha value is -2.56. The van der Waals surface area contributed by atoms with E-state index >= 15 is 0 Å². The maximum absolute atomic E-state index is 12.6. The molecular weight excluding hydrogens is 382 g/mol. The molecule has 0 aliphatic heterocycles. The zero-order valence-corrected chi connectivity index (χ0v) is 17.1. The van der Waals surface area contributed by atoms with Crippen LogP contribution in [0.15, 0.2) is 23.3 Å². The Balaban J connectivity index is 0.00000126. The highest BCUT2D eigenvalue weighted by Gasteiger charge is 2.23. The minimum Gasteiger partial charge on any atom is -0.402 e. The lowest BCUT2D eigenvalue weighted by Gasteiger charge is -2.06. The van der Waals surface area contributed by atoms with E-state index in [0.717, 1.165) is 20.4 Å². The number of aryl methyl sites for hydroxylation is 1. The van der Waals surface area contributed by atoms with Crippen molar-refractivity contribution in [2.24, 2.45) is 18.5 Å². The summed E-state index contributed by atoms with van der Waals surface area (Å²) in [5, 5.41) is 14.2. The van der Waals surface area contributed by atoms with Gasteiger partial charge in [-0.2, -0.15) is 0 Å². The first-order valence-corrected chi connectivity index (χ1v) is 9.88. The van der Waals surface area contributed by atoms with Crippen LogP contribution in [0.25, 0.3) is 10.3 Å². The van der Waals surface area contributed by atoms with Gasteiger partial charge >= 0.3 is 0 Å². The first-order valence-electron chi connectivity index (χ1n) is 8.18. The first kappa shape index (κ1) is 20.7. The maximum Gasteiger partial charge on any atom is 0.269 e. The highest BCUT2D eigenvalue weighted by atomic mass is 32.1. The van der Waals surface area contributed by atoms with Gasteiger partial charge in [0, 0.05) is 42.5 Å². The van der Waals surface area contributed by atoms with Crippen molar-refractivity contribution in [2.75, 3.05) is 7.05 Å². The van der Waals surface area contributed by atoms with Crippen LogP contribution in [0.5, 0.6) is 0 Å². The number of carbonyl (C=O) groups excluding carboxylic acids is 1. The molecule has 10 heteroatoms. The summed E-state index contributed by atoms with van der Waals surface area (Å²) in [4.78, 5) is 21.3. The number of thiazole rings is 2. The standard InChI is InChI=1S/C16H18N6OS2.CH5N/c1-3-9(18)6-11-21-15-14(25-11)10(7-17)13(22(15)2)16(23)20-8-12-19-4-5-24-12;1-2/h3-5,7,17H,6,8,18H2,1-2H3,(H,20,23);2H2,1H3/b9-3-,17-7?;. The van der Waals surface area contributed by atoms with Gasteiger partial charge < -0.3 is 26.8 Å². The molecule has 0 aliphatic carbocycles. The molecule has 0 saturated heterocycles. The van der Waals surface area contributed by atoms with Gasteiger partial charge in [0.2, 0.25) is 0 Å². The van der Waals surface area contributed by atoms with Crippen LogP contribution in [0.2, 0.25) is 0 Å². The molecule has 0 fully saturated rings. The number of nitrogens with two attached hydrogens (primary N) is 2. The molecule has 1 amide bonds. The quantitative estimate of drug-likeness (QED) is 0.465. The predicted molar refractivity (Wildman–Crippen MR) is 112 cm³/mol. The number of carbonyl (C=O) groups is 1. The highest BCUT2D eigenvalue weighted by Crippen LogP contribution is 2.30. The third kappa shape index (κ3) is 4.41. The normalized spacial score (nSPS) is 11.2. The van der Waals surface area contributed by atoms with E-state index in [9.17, 15) is 4.79 Å². The number of nitrogens with one attached hydrogen (secondary N) is 2. The lowest BCUT2D eigenvalue weighted by Crippen LogP contribution is -2.26. The second-order valence-electron chi connectivity index (χ2n) is 5.37. The number of hydrogen-bond donors (Lipinski definition) is 4. The van der Waals surface area contributed by atoms with Crippen LogP contribution in [0.4, 0.5) is 0 Å². The van der Waals surface area contributed by atoms with Gasteiger partial charge in [-0.15, -0.1) is 22.7 Å². The van der Waals surface area contributed by atoms with E-state index in [4.69, 9.17) is 11.1 Å². The van der Waals surface area contributed by atoms with E-state index in [1.165, 1.54) is 35.9 Å². The van der Waals surface area contributed by atoms with Crippen LogP contribution in [0.3, 0.4) is 0 Å². The van der Waals surface area contributed by atoms with Crippen molar-refractivity contribution in [3.8, 4) is 0 Å². The van der Waals surface area contributed by atoms with Crippen molar-refractivity contribution < 1.29 is 4.79 Å². The fourth-order valence-electron chi connectivity index (χ4n) is 2.49. The first-order chi connectivity index (χ1) is 13.0. The lowest BCUT2D eigenvalue weighted by atomic mass is 10.2. The molecule has 3 aromatic heterocycles. The third-order valence-corrected chi connectivity index (χ3v) is 5.63. The molecule has 3 rings (SSSR count). The molecular formula is C17H23N7OS2. The number of fused-ring (bicyclic) bond motifs is 1. The maximum atomic E-state index is 12.6. The van der Waals surface area contributed by atoms with Gasteiger partial charge in [0.1, 0.15) is 15.7 Å². The molecule has 6 N–H and O–H groups in total. The van der Waals surface area contributed by atoms with Crippen molar-refractivity contribution in [1.29, 1.82) is 5.41 Å². The van der Waals surface area contributed by atoms with Gasteiger partial charge in [0.25, 0.3) is 5.91 Å². The van der Waals surface area contributed by atoms with Gasteiger partial charge in [-0.1, -0.05) is 6.08 Å². The van der Waals surface area contributed by atoms with E-state index < -0.39 is 0 Å². The molecule has 0 spiro atoms. The van der Waals surface area contributed by atoms with E-state index in [-0.39, 0.29) is 5.91 Å². The fourth-order valence-corrected chi connectivity index (χ4v) is 4.19. The predicted octanol–water partition coefficient (Wildman–Crippen LogP) is 2.00. The molecule has 0 radical (unpaired) electrons. The topological polar surface area (TPSA) is 136 Å². The Bertz CT molecular complexity index is 954. The van der Waals surface area contributed by atoms with Crippen molar-refractivity contribution in [3.05, 3.63) is 44.6 Å². The van der Waals surface area contributed by atoms with E-state index in [0.29, 0.717) is 29.9 Å². The van der Waals surface area contributed by atoms with Crippen LogP contribution in [0.1, 0.15) is 33.0 Å².